The third-order valence-corrected chi connectivity index (χ3v) is 5.90. The minimum absolute atomic E-state index is 0.0898. The summed E-state index contributed by atoms with van der Waals surface area (Å²) in [6.45, 7) is 1.17. The smallest absolute Gasteiger partial charge is 0.221 e. The molecule has 1 aliphatic carbocycles. The molecular formula is C19H22N2O3S. The van der Waals surface area contributed by atoms with Crippen LogP contribution in [0.2, 0.25) is 0 Å². The number of aryl methyl sites for hydroxylation is 1. The first-order valence-corrected chi connectivity index (χ1v) is 9.73. The highest BCUT2D eigenvalue weighted by Crippen LogP contribution is 2.39. The van der Waals surface area contributed by atoms with Gasteiger partial charge in [-0.1, -0.05) is 18.9 Å². The van der Waals surface area contributed by atoms with E-state index in [0.29, 0.717) is 26.1 Å². The van der Waals surface area contributed by atoms with Crippen molar-refractivity contribution in [3.05, 3.63) is 40.3 Å². The minimum Gasteiger partial charge on any atom is -0.486 e. The van der Waals surface area contributed by atoms with E-state index >= 15 is 0 Å². The van der Waals surface area contributed by atoms with E-state index in [0.717, 1.165) is 47.8 Å². The van der Waals surface area contributed by atoms with Gasteiger partial charge in [-0.2, -0.15) is 0 Å². The molecule has 132 valence electrons. The first-order valence-electron chi connectivity index (χ1n) is 8.85. The van der Waals surface area contributed by atoms with Gasteiger partial charge in [0.2, 0.25) is 5.91 Å². The van der Waals surface area contributed by atoms with E-state index in [1.165, 1.54) is 0 Å². The summed E-state index contributed by atoms with van der Waals surface area (Å²) in [4.78, 5) is 17.0. The van der Waals surface area contributed by atoms with Crippen LogP contribution < -0.4 is 14.8 Å². The topological polar surface area (TPSA) is 60.5 Å². The van der Waals surface area contributed by atoms with Crippen LogP contribution in [0.1, 0.15) is 42.7 Å². The van der Waals surface area contributed by atoms with E-state index in [-0.39, 0.29) is 11.4 Å². The van der Waals surface area contributed by atoms with Crippen LogP contribution in [-0.4, -0.2) is 24.1 Å². The fourth-order valence-corrected chi connectivity index (χ4v) is 4.51. The van der Waals surface area contributed by atoms with Crippen LogP contribution in [0.3, 0.4) is 0 Å². The highest BCUT2D eigenvalue weighted by molar-refractivity contribution is 7.09. The number of carbonyl (C=O) groups is 1. The zero-order valence-corrected chi connectivity index (χ0v) is 14.9. The Bertz CT molecular complexity index is 739. The van der Waals surface area contributed by atoms with E-state index in [1.54, 1.807) is 11.3 Å². The Morgan fingerprint density at radius 1 is 1.20 bits per heavy atom. The van der Waals surface area contributed by atoms with Crippen LogP contribution in [0, 0.1) is 0 Å². The number of rotatable bonds is 5. The first kappa shape index (κ1) is 16.4. The molecule has 2 aliphatic rings. The largest absolute Gasteiger partial charge is 0.486 e. The number of nitrogens with zero attached hydrogens (tertiary/aromatic N) is 1. The highest BCUT2D eigenvalue weighted by atomic mass is 32.1. The molecule has 0 bridgehead atoms. The van der Waals surface area contributed by atoms with Crippen molar-refractivity contribution < 1.29 is 14.3 Å². The lowest BCUT2D eigenvalue weighted by Crippen LogP contribution is -2.43. The maximum atomic E-state index is 12.6. The van der Waals surface area contributed by atoms with E-state index in [9.17, 15) is 4.79 Å². The summed E-state index contributed by atoms with van der Waals surface area (Å²) < 4.78 is 11.1. The second kappa shape index (κ2) is 7.04. The third-order valence-electron chi connectivity index (χ3n) is 4.92. The molecule has 0 unspecified atom stereocenters. The number of thiazole rings is 1. The summed E-state index contributed by atoms with van der Waals surface area (Å²) in [7, 11) is 0. The van der Waals surface area contributed by atoms with Gasteiger partial charge in [-0.3, -0.25) is 4.79 Å². The van der Waals surface area contributed by atoms with Crippen molar-refractivity contribution in [3.8, 4) is 11.5 Å². The van der Waals surface area contributed by atoms with Crippen LogP contribution in [-0.2, 0) is 16.8 Å². The molecule has 5 nitrogen and oxygen atoms in total. The fourth-order valence-electron chi connectivity index (χ4n) is 3.66. The Labute approximate surface area is 151 Å². The highest BCUT2D eigenvalue weighted by Gasteiger charge is 2.39. The summed E-state index contributed by atoms with van der Waals surface area (Å²) in [6, 6.07) is 5.91. The molecule has 25 heavy (non-hydrogen) atoms. The molecule has 1 aromatic heterocycles. The molecule has 2 heterocycles. The van der Waals surface area contributed by atoms with Crippen LogP contribution in [0.15, 0.2) is 29.8 Å². The third kappa shape index (κ3) is 3.49. The summed E-state index contributed by atoms with van der Waals surface area (Å²) in [6.07, 6.45) is 7.22. The van der Waals surface area contributed by atoms with Crippen molar-refractivity contribution in [1.29, 1.82) is 0 Å². The van der Waals surface area contributed by atoms with Gasteiger partial charge in [0.05, 0.1) is 5.54 Å². The first-order chi connectivity index (χ1) is 12.3. The fraction of sp³-hybridized carbons (Fsp3) is 0.474. The molecule has 1 aromatic carbocycles. The number of aromatic nitrogens is 1. The lowest BCUT2D eigenvalue weighted by atomic mass is 9.97. The molecule has 1 fully saturated rings. The molecule has 0 spiro atoms. The van der Waals surface area contributed by atoms with Crippen molar-refractivity contribution in [2.45, 2.75) is 44.1 Å². The average Bonchev–Trinajstić information content (AvgIpc) is 3.32. The maximum absolute atomic E-state index is 12.6. The summed E-state index contributed by atoms with van der Waals surface area (Å²) in [5, 5.41) is 6.30. The lowest BCUT2D eigenvalue weighted by Gasteiger charge is -2.28. The van der Waals surface area contributed by atoms with Crippen molar-refractivity contribution in [2.75, 3.05) is 13.2 Å². The molecule has 0 atom stereocenters. The molecule has 1 N–H and O–H groups in total. The van der Waals surface area contributed by atoms with E-state index < -0.39 is 0 Å². The number of carbonyl (C=O) groups excluding carboxylic acids is 1. The van der Waals surface area contributed by atoms with Gasteiger partial charge < -0.3 is 14.8 Å². The second-order valence-corrected chi connectivity index (χ2v) is 7.55. The molecule has 0 saturated heterocycles. The zero-order valence-electron chi connectivity index (χ0n) is 14.1. The predicted octanol–water partition coefficient (Wildman–Crippen LogP) is 3.43. The average molecular weight is 358 g/mol. The molecule has 2 aromatic rings. The van der Waals surface area contributed by atoms with Gasteiger partial charge in [0.15, 0.2) is 11.5 Å². The minimum atomic E-state index is -0.252. The van der Waals surface area contributed by atoms with Gasteiger partial charge in [-0.25, -0.2) is 4.98 Å². The Morgan fingerprint density at radius 3 is 2.76 bits per heavy atom. The van der Waals surface area contributed by atoms with Gasteiger partial charge in [0.1, 0.15) is 18.2 Å². The summed E-state index contributed by atoms with van der Waals surface area (Å²) in [5.74, 6) is 1.65. The quantitative estimate of drug-likeness (QED) is 0.889. The molecule has 1 saturated carbocycles. The maximum Gasteiger partial charge on any atom is 0.221 e. The van der Waals surface area contributed by atoms with Crippen LogP contribution in [0.5, 0.6) is 11.5 Å². The zero-order chi connectivity index (χ0) is 17.1. The van der Waals surface area contributed by atoms with Gasteiger partial charge in [0.25, 0.3) is 0 Å². The Kier molecular flexibility index (Phi) is 4.61. The van der Waals surface area contributed by atoms with Crippen molar-refractivity contribution >= 4 is 17.2 Å². The normalized spacial score (nSPS) is 18.1. The number of amides is 1. The molecule has 0 radical (unpaired) electrons. The monoisotopic (exact) mass is 358 g/mol. The van der Waals surface area contributed by atoms with E-state index in [2.05, 4.69) is 10.3 Å². The Morgan fingerprint density at radius 2 is 2.00 bits per heavy atom. The molecular weight excluding hydrogens is 336 g/mol. The van der Waals surface area contributed by atoms with Crippen LogP contribution in [0.4, 0.5) is 0 Å². The lowest BCUT2D eigenvalue weighted by molar-refractivity contribution is -0.123. The van der Waals surface area contributed by atoms with Crippen molar-refractivity contribution in [1.82, 2.24) is 10.3 Å². The van der Waals surface area contributed by atoms with Gasteiger partial charge in [0, 0.05) is 18.0 Å². The van der Waals surface area contributed by atoms with E-state index in [4.69, 9.17) is 9.47 Å². The summed E-state index contributed by atoms with van der Waals surface area (Å²) >= 11 is 1.63. The molecule has 4 rings (SSSR count). The Hall–Kier alpha value is -2.08. The number of hydrogen-bond donors (Lipinski definition) is 1. The standard InChI is InChI=1S/C19H22N2O3S/c22-17(21-19(7-1-2-8-19)18-20-9-12-25-18)6-4-14-3-5-15-16(13-14)24-11-10-23-15/h3,5,9,12-13H,1-2,4,6-8,10-11H2,(H,21,22). The van der Waals surface area contributed by atoms with Gasteiger partial charge >= 0.3 is 0 Å². The van der Waals surface area contributed by atoms with Crippen molar-refractivity contribution in [2.24, 2.45) is 0 Å². The van der Waals surface area contributed by atoms with Crippen molar-refractivity contribution in [3.63, 3.8) is 0 Å². The van der Waals surface area contributed by atoms with Gasteiger partial charge in [-0.05, 0) is 37.0 Å². The summed E-state index contributed by atoms with van der Waals surface area (Å²) in [5.41, 5.74) is 0.840. The second-order valence-electron chi connectivity index (χ2n) is 6.65. The van der Waals surface area contributed by atoms with Gasteiger partial charge in [-0.15, -0.1) is 11.3 Å². The number of benzene rings is 1. The van der Waals surface area contributed by atoms with Crippen LogP contribution in [0.25, 0.3) is 0 Å². The molecule has 1 aliphatic heterocycles. The predicted molar refractivity (Wildman–Crippen MR) is 96.2 cm³/mol. The Balaban J connectivity index is 1.39. The SMILES string of the molecule is O=C(CCc1ccc2c(c1)OCCO2)NC1(c2nccs2)CCCC1. The van der Waals surface area contributed by atoms with E-state index in [1.807, 2.05) is 29.8 Å². The number of fused-ring (bicyclic) bond motifs is 1. The number of ether oxygens (including phenoxy) is 2. The number of nitrogens with one attached hydrogen (secondary N) is 1. The molecule has 1 amide bonds. The van der Waals surface area contributed by atoms with Crippen LogP contribution >= 0.6 is 11.3 Å². The molecule has 6 heteroatoms. The number of hydrogen-bond acceptors (Lipinski definition) is 5.